The molecule has 0 amide bonds. The van der Waals surface area contributed by atoms with Gasteiger partial charge in [0.2, 0.25) is 0 Å². The number of hydrogen-bond donors (Lipinski definition) is 1. The quantitative estimate of drug-likeness (QED) is 0.737. The third kappa shape index (κ3) is 7.57. The Bertz CT molecular complexity index is 211. The van der Waals surface area contributed by atoms with Crippen molar-refractivity contribution in [1.82, 2.24) is 5.32 Å². The zero-order valence-electron chi connectivity index (χ0n) is 10.1. The maximum Gasteiger partial charge on any atom is 0.411 e. The van der Waals surface area contributed by atoms with Gasteiger partial charge in [-0.25, -0.2) is 0 Å². The summed E-state index contributed by atoms with van der Waals surface area (Å²) in [7, 11) is 0. The Morgan fingerprint density at radius 3 is 2.82 bits per heavy atom. The molecule has 1 aliphatic rings. The van der Waals surface area contributed by atoms with Gasteiger partial charge in [0.05, 0.1) is 6.10 Å². The van der Waals surface area contributed by atoms with Crippen LogP contribution in [0.3, 0.4) is 0 Å². The van der Waals surface area contributed by atoms with Crippen molar-refractivity contribution in [2.45, 2.75) is 44.5 Å². The van der Waals surface area contributed by atoms with E-state index in [1.807, 2.05) is 6.92 Å². The average Bonchev–Trinajstić information content (AvgIpc) is 2.22. The predicted molar refractivity (Wildman–Crippen MR) is 57.9 cm³/mol. The number of rotatable bonds is 6. The van der Waals surface area contributed by atoms with Crippen molar-refractivity contribution >= 4 is 0 Å². The number of ether oxygens (including phenoxy) is 2. The largest absolute Gasteiger partial charge is 0.411 e. The molecule has 2 unspecified atom stereocenters. The topological polar surface area (TPSA) is 30.5 Å². The van der Waals surface area contributed by atoms with Crippen molar-refractivity contribution in [2.75, 3.05) is 26.4 Å². The van der Waals surface area contributed by atoms with Crippen molar-refractivity contribution in [3.63, 3.8) is 0 Å². The number of halogens is 3. The molecule has 0 aromatic rings. The van der Waals surface area contributed by atoms with Crippen LogP contribution in [0.25, 0.3) is 0 Å². The van der Waals surface area contributed by atoms with Gasteiger partial charge in [0.25, 0.3) is 0 Å². The lowest BCUT2D eigenvalue weighted by molar-refractivity contribution is -0.174. The Balaban J connectivity index is 1.93. The van der Waals surface area contributed by atoms with Crippen LogP contribution in [0.15, 0.2) is 0 Å². The van der Waals surface area contributed by atoms with Gasteiger partial charge in [-0.05, 0) is 32.7 Å². The molecule has 1 fully saturated rings. The molecule has 0 aromatic carbocycles. The maximum atomic E-state index is 11.7. The van der Waals surface area contributed by atoms with Crippen molar-refractivity contribution in [2.24, 2.45) is 0 Å². The highest BCUT2D eigenvalue weighted by Crippen LogP contribution is 2.14. The minimum atomic E-state index is -4.22. The molecule has 17 heavy (non-hydrogen) atoms. The fourth-order valence-electron chi connectivity index (χ4n) is 1.85. The normalized spacial score (nSPS) is 26.1. The molecule has 0 aromatic heterocycles. The number of hydrogen-bond acceptors (Lipinski definition) is 3. The fraction of sp³-hybridized carbons (Fsp3) is 1.00. The number of alkyl halides is 3. The molecule has 1 heterocycles. The fourth-order valence-corrected chi connectivity index (χ4v) is 1.85. The van der Waals surface area contributed by atoms with Crippen LogP contribution in [0.5, 0.6) is 0 Å². The van der Waals surface area contributed by atoms with Crippen molar-refractivity contribution in [1.29, 1.82) is 0 Å². The molecule has 0 radical (unpaired) electrons. The highest BCUT2D eigenvalue weighted by molar-refractivity contribution is 4.74. The van der Waals surface area contributed by atoms with Gasteiger partial charge in [-0.3, -0.25) is 0 Å². The van der Waals surface area contributed by atoms with Crippen LogP contribution in [0.4, 0.5) is 13.2 Å². The maximum absolute atomic E-state index is 11.7. The Morgan fingerprint density at radius 1 is 1.41 bits per heavy atom. The van der Waals surface area contributed by atoms with Crippen LogP contribution < -0.4 is 5.32 Å². The minimum absolute atomic E-state index is 0.144. The lowest BCUT2D eigenvalue weighted by atomic mass is 10.0. The smallest absolute Gasteiger partial charge is 0.378 e. The van der Waals surface area contributed by atoms with Crippen LogP contribution in [0.2, 0.25) is 0 Å². The first kappa shape index (κ1) is 14.7. The lowest BCUT2D eigenvalue weighted by Crippen LogP contribution is -2.38. The molecule has 1 aliphatic heterocycles. The summed E-state index contributed by atoms with van der Waals surface area (Å²) in [4.78, 5) is 0. The van der Waals surface area contributed by atoms with Crippen LogP contribution in [-0.4, -0.2) is 44.7 Å². The van der Waals surface area contributed by atoms with Gasteiger partial charge in [-0.15, -0.1) is 0 Å². The lowest BCUT2D eigenvalue weighted by Gasteiger charge is -2.28. The minimum Gasteiger partial charge on any atom is -0.378 e. The van der Waals surface area contributed by atoms with E-state index in [-0.39, 0.29) is 12.7 Å². The summed E-state index contributed by atoms with van der Waals surface area (Å²) in [5.41, 5.74) is 0. The van der Waals surface area contributed by atoms with Crippen LogP contribution in [0.1, 0.15) is 26.2 Å². The van der Waals surface area contributed by atoms with Gasteiger partial charge >= 0.3 is 6.18 Å². The van der Waals surface area contributed by atoms with E-state index in [1.54, 1.807) is 0 Å². The third-order valence-electron chi connectivity index (χ3n) is 2.65. The highest BCUT2D eigenvalue weighted by atomic mass is 19.4. The van der Waals surface area contributed by atoms with Crippen LogP contribution in [-0.2, 0) is 9.47 Å². The van der Waals surface area contributed by atoms with Crippen molar-refractivity contribution in [3.05, 3.63) is 0 Å². The molecule has 1 saturated heterocycles. The van der Waals surface area contributed by atoms with Crippen LogP contribution >= 0.6 is 0 Å². The summed E-state index contributed by atoms with van der Waals surface area (Å²) in [6.07, 6.45) is -1.43. The Hall–Kier alpha value is -0.330. The zero-order chi connectivity index (χ0) is 12.7. The van der Waals surface area contributed by atoms with E-state index in [0.29, 0.717) is 19.0 Å². The monoisotopic (exact) mass is 255 g/mol. The molecule has 0 bridgehead atoms. The van der Waals surface area contributed by atoms with Gasteiger partial charge in [-0.2, -0.15) is 13.2 Å². The third-order valence-corrected chi connectivity index (χ3v) is 2.65. The standard InChI is InChI=1S/C11H20F3NO2/c1-9-7-10(3-6-17-9)15-4-2-5-16-8-11(12,13)14/h9-10,15H,2-8H2,1H3. The second-order valence-electron chi connectivity index (χ2n) is 4.38. The molecular formula is C11H20F3NO2. The summed E-state index contributed by atoms with van der Waals surface area (Å²) < 4.78 is 45.2. The van der Waals surface area contributed by atoms with Gasteiger partial charge in [0.15, 0.2) is 0 Å². The SMILES string of the molecule is CC1CC(NCCCOCC(F)(F)F)CCO1. The van der Waals surface area contributed by atoms with E-state index >= 15 is 0 Å². The Labute approximate surface area is 99.7 Å². The first-order valence-corrected chi connectivity index (χ1v) is 5.97. The van der Waals surface area contributed by atoms with Crippen molar-refractivity contribution in [3.8, 4) is 0 Å². The van der Waals surface area contributed by atoms with Gasteiger partial charge in [0.1, 0.15) is 6.61 Å². The molecule has 0 aliphatic carbocycles. The molecule has 2 atom stereocenters. The molecule has 0 saturated carbocycles. The molecule has 0 spiro atoms. The van der Waals surface area contributed by atoms with Gasteiger partial charge < -0.3 is 14.8 Å². The van der Waals surface area contributed by atoms with Crippen LogP contribution in [0, 0.1) is 0 Å². The van der Waals surface area contributed by atoms with E-state index in [1.165, 1.54) is 0 Å². The molecule has 1 N–H and O–H groups in total. The second-order valence-corrected chi connectivity index (χ2v) is 4.38. The van der Waals surface area contributed by atoms with E-state index < -0.39 is 12.8 Å². The molecular weight excluding hydrogens is 235 g/mol. The first-order chi connectivity index (χ1) is 7.97. The first-order valence-electron chi connectivity index (χ1n) is 5.97. The van der Waals surface area contributed by atoms with Gasteiger partial charge in [0, 0.05) is 19.3 Å². The molecule has 3 nitrogen and oxygen atoms in total. The molecule has 1 rings (SSSR count). The second kappa shape index (κ2) is 7.18. The summed E-state index contributed by atoms with van der Waals surface area (Å²) in [5, 5.41) is 3.31. The van der Waals surface area contributed by atoms with E-state index in [4.69, 9.17) is 4.74 Å². The summed E-state index contributed by atoms with van der Waals surface area (Å²) in [6, 6.07) is 0.418. The summed E-state index contributed by atoms with van der Waals surface area (Å²) in [5.74, 6) is 0. The summed E-state index contributed by atoms with van der Waals surface area (Å²) >= 11 is 0. The van der Waals surface area contributed by atoms with E-state index in [9.17, 15) is 13.2 Å². The molecule has 6 heteroatoms. The van der Waals surface area contributed by atoms with E-state index in [0.717, 1.165) is 19.4 Å². The van der Waals surface area contributed by atoms with E-state index in [2.05, 4.69) is 10.1 Å². The van der Waals surface area contributed by atoms with Gasteiger partial charge in [-0.1, -0.05) is 0 Å². The zero-order valence-corrected chi connectivity index (χ0v) is 10.1. The highest BCUT2D eigenvalue weighted by Gasteiger charge is 2.27. The van der Waals surface area contributed by atoms with Crippen molar-refractivity contribution < 1.29 is 22.6 Å². The summed E-state index contributed by atoms with van der Waals surface area (Å²) in [6.45, 7) is 2.46. The predicted octanol–water partition coefficient (Wildman–Crippen LogP) is 2.11. The number of nitrogens with one attached hydrogen (secondary N) is 1. The Morgan fingerprint density at radius 2 is 2.18 bits per heavy atom. The molecule has 102 valence electrons. The average molecular weight is 255 g/mol. The Kier molecular flexibility index (Phi) is 6.22.